The molecule has 0 spiro atoms. The number of nitrogens with one attached hydrogen (secondary N) is 2. The first-order valence-electron chi connectivity index (χ1n) is 9.03. The lowest BCUT2D eigenvalue weighted by molar-refractivity contribution is 0.0466. The van der Waals surface area contributed by atoms with Crippen molar-refractivity contribution in [2.24, 2.45) is 0 Å². The van der Waals surface area contributed by atoms with Crippen LogP contribution in [0.25, 0.3) is 0 Å². The van der Waals surface area contributed by atoms with Crippen LogP contribution in [0.2, 0.25) is 0 Å². The van der Waals surface area contributed by atoms with Gasteiger partial charge >= 0.3 is 11.9 Å². The van der Waals surface area contributed by atoms with Gasteiger partial charge in [0, 0.05) is 17.0 Å². The predicted molar refractivity (Wildman–Crippen MR) is 102 cm³/mol. The maximum Gasteiger partial charge on any atom is 0.355 e. The molecule has 2 aromatic heterocycles. The average Bonchev–Trinajstić information content (AvgIpc) is 3.08. The molecule has 8 nitrogen and oxygen atoms in total. The van der Waals surface area contributed by atoms with Crippen LogP contribution in [0.15, 0.2) is 0 Å². The third-order valence-corrected chi connectivity index (χ3v) is 4.65. The van der Waals surface area contributed by atoms with Crippen LogP contribution < -0.4 is 0 Å². The Kier molecular flexibility index (Phi) is 6.45. The van der Waals surface area contributed by atoms with Crippen LogP contribution in [0.1, 0.15) is 79.4 Å². The Bertz CT molecular complexity index is 920. The first-order chi connectivity index (χ1) is 13.1. The van der Waals surface area contributed by atoms with Crippen LogP contribution >= 0.6 is 0 Å². The van der Waals surface area contributed by atoms with Crippen molar-refractivity contribution in [2.75, 3.05) is 13.2 Å². The van der Waals surface area contributed by atoms with Gasteiger partial charge < -0.3 is 24.5 Å². The molecule has 0 amide bonds. The SMILES string of the molecule is CCOC(=O)c1c(C)[nH]c(C(=O)COC(=O)c2[nH]c(C)c([C@H](C)O)c2C)c1C. The van der Waals surface area contributed by atoms with Crippen molar-refractivity contribution in [1.29, 1.82) is 0 Å². The number of H-pyrrole nitrogens is 2. The highest BCUT2D eigenvalue weighted by atomic mass is 16.5. The monoisotopic (exact) mass is 390 g/mol. The molecule has 2 heterocycles. The van der Waals surface area contributed by atoms with E-state index in [4.69, 9.17) is 9.47 Å². The molecule has 0 aliphatic carbocycles. The second-order valence-corrected chi connectivity index (χ2v) is 6.68. The van der Waals surface area contributed by atoms with Gasteiger partial charge in [-0.2, -0.15) is 0 Å². The number of aromatic nitrogens is 2. The molecule has 0 radical (unpaired) electrons. The number of carbonyl (C=O) groups is 3. The quantitative estimate of drug-likeness (QED) is 0.494. The van der Waals surface area contributed by atoms with Crippen molar-refractivity contribution in [1.82, 2.24) is 9.97 Å². The van der Waals surface area contributed by atoms with E-state index in [0.717, 1.165) is 0 Å². The average molecular weight is 390 g/mol. The lowest BCUT2D eigenvalue weighted by atomic mass is 10.1. The van der Waals surface area contributed by atoms with Crippen molar-refractivity contribution in [3.05, 3.63) is 45.0 Å². The number of hydrogen-bond donors (Lipinski definition) is 3. The van der Waals surface area contributed by atoms with E-state index in [9.17, 15) is 19.5 Å². The van der Waals surface area contributed by atoms with Gasteiger partial charge in [-0.05, 0) is 52.7 Å². The molecule has 1 atom stereocenters. The third-order valence-electron chi connectivity index (χ3n) is 4.65. The molecule has 2 aromatic rings. The lowest BCUT2D eigenvalue weighted by Crippen LogP contribution is -2.16. The van der Waals surface area contributed by atoms with E-state index in [1.807, 2.05) is 0 Å². The molecular weight excluding hydrogens is 364 g/mol. The fraction of sp³-hybridized carbons (Fsp3) is 0.450. The Labute approximate surface area is 163 Å². The Hall–Kier alpha value is -2.87. The summed E-state index contributed by atoms with van der Waals surface area (Å²) in [6, 6.07) is 0. The van der Waals surface area contributed by atoms with Crippen LogP contribution in [0.4, 0.5) is 0 Å². The molecule has 0 bridgehead atoms. The van der Waals surface area contributed by atoms with Crippen molar-refractivity contribution < 1.29 is 29.0 Å². The molecule has 8 heteroatoms. The molecule has 0 aliphatic heterocycles. The molecule has 3 N–H and O–H groups in total. The van der Waals surface area contributed by atoms with E-state index in [1.165, 1.54) is 0 Å². The van der Waals surface area contributed by atoms with Crippen LogP contribution in [0, 0.1) is 27.7 Å². The second kappa shape index (κ2) is 8.43. The van der Waals surface area contributed by atoms with Gasteiger partial charge in [0.05, 0.1) is 24.0 Å². The molecule has 0 unspecified atom stereocenters. The normalized spacial score (nSPS) is 12.0. The van der Waals surface area contributed by atoms with Crippen LogP contribution in [-0.2, 0) is 9.47 Å². The van der Waals surface area contributed by atoms with Gasteiger partial charge in [-0.1, -0.05) is 0 Å². The van der Waals surface area contributed by atoms with E-state index in [0.29, 0.717) is 33.6 Å². The number of aliphatic hydroxyl groups excluding tert-OH is 1. The number of carbonyl (C=O) groups excluding carboxylic acids is 3. The first kappa shape index (κ1) is 21.4. The zero-order valence-corrected chi connectivity index (χ0v) is 17.0. The fourth-order valence-corrected chi connectivity index (χ4v) is 3.41. The van der Waals surface area contributed by atoms with E-state index >= 15 is 0 Å². The zero-order chi connectivity index (χ0) is 21.2. The van der Waals surface area contributed by atoms with Crippen molar-refractivity contribution in [2.45, 2.75) is 47.6 Å². The molecule has 0 saturated heterocycles. The highest BCUT2D eigenvalue weighted by Crippen LogP contribution is 2.25. The van der Waals surface area contributed by atoms with Crippen molar-refractivity contribution in [3.63, 3.8) is 0 Å². The van der Waals surface area contributed by atoms with Crippen molar-refractivity contribution in [3.8, 4) is 0 Å². The Morgan fingerprint density at radius 2 is 1.54 bits per heavy atom. The summed E-state index contributed by atoms with van der Waals surface area (Å²) in [5.41, 5.74) is 3.58. The smallest absolute Gasteiger partial charge is 0.355 e. The minimum Gasteiger partial charge on any atom is -0.462 e. The molecular formula is C20H26N2O6. The molecule has 2 rings (SSSR count). The first-order valence-corrected chi connectivity index (χ1v) is 9.03. The van der Waals surface area contributed by atoms with Gasteiger partial charge in [-0.15, -0.1) is 0 Å². The summed E-state index contributed by atoms with van der Waals surface area (Å²) < 4.78 is 10.2. The third kappa shape index (κ3) is 4.01. The van der Waals surface area contributed by atoms with Crippen LogP contribution in [-0.4, -0.2) is 46.0 Å². The molecule has 152 valence electrons. The number of aryl methyl sites for hydroxylation is 2. The molecule has 0 aliphatic rings. The number of esters is 2. The van der Waals surface area contributed by atoms with Gasteiger partial charge in [0.2, 0.25) is 5.78 Å². The number of hydrogen-bond acceptors (Lipinski definition) is 6. The number of aromatic amines is 2. The summed E-state index contributed by atoms with van der Waals surface area (Å²) in [5.74, 6) is -1.65. The van der Waals surface area contributed by atoms with E-state index in [-0.39, 0.29) is 18.0 Å². The van der Waals surface area contributed by atoms with E-state index in [1.54, 1.807) is 41.5 Å². The maximum atomic E-state index is 12.5. The Morgan fingerprint density at radius 1 is 0.929 bits per heavy atom. The number of aliphatic hydroxyl groups is 1. The topological polar surface area (TPSA) is 121 Å². The number of ether oxygens (including phenoxy) is 2. The summed E-state index contributed by atoms with van der Waals surface area (Å²) in [5, 5.41) is 9.82. The van der Waals surface area contributed by atoms with Gasteiger partial charge in [0.15, 0.2) is 6.61 Å². The summed E-state index contributed by atoms with van der Waals surface area (Å²) in [6.07, 6.45) is -0.731. The van der Waals surface area contributed by atoms with E-state index in [2.05, 4.69) is 9.97 Å². The van der Waals surface area contributed by atoms with Gasteiger partial charge in [-0.25, -0.2) is 9.59 Å². The Balaban J connectivity index is 2.15. The molecule has 0 saturated carbocycles. The Morgan fingerprint density at radius 3 is 2.07 bits per heavy atom. The maximum absolute atomic E-state index is 12.5. The molecule has 28 heavy (non-hydrogen) atoms. The predicted octanol–water partition coefficient (Wildman–Crippen LogP) is 2.85. The number of rotatable bonds is 7. The molecule has 0 fully saturated rings. The largest absolute Gasteiger partial charge is 0.462 e. The van der Waals surface area contributed by atoms with Gasteiger partial charge in [0.1, 0.15) is 5.69 Å². The fourth-order valence-electron chi connectivity index (χ4n) is 3.41. The lowest BCUT2D eigenvalue weighted by Gasteiger charge is -2.06. The molecule has 0 aromatic carbocycles. The summed E-state index contributed by atoms with van der Waals surface area (Å²) in [6.45, 7) is 9.82. The number of ketones is 1. The van der Waals surface area contributed by atoms with E-state index < -0.39 is 30.4 Å². The minimum absolute atomic E-state index is 0.202. The van der Waals surface area contributed by atoms with Crippen molar-refractivity contribution >= 4 is 17.7 Å². The second-order valence-electron chi connectivity index (χ2n) is 6.68. The highest BCUT2D eigenvalue weighted by molar-refractivity contribution is 6.03. The number of Topliss-reactive ketones (excluding diaryl/α,β-unsaturated/α-hetero) is 1. The standard InChI is InChI=1S/C20H26N2O6/c1-7-27-19(25)16-10(3)17(21-12(16)5)14(24)8-28-20(26)18-9(2)15(13(6)23)11(4)22-18/h13,21-23H,7-8H2,1-6H3/t13-/m0/s1. The van der Waals surface area contributed by atoms with Crippen LogP contribution in [0.3, 0.4) is 0 Å². The zero-order valence-electron chi connectivity index (χ0n) is 17.0. The summed E-state index contributed by atoms with van der Waals surface area (Å²) in [7, 11) is 0. The van der Waals surface area contributed by atoms with Crippen LogP contribution in [0.5, 0.6) is 0 Å². The minimum atomic E-state index is -0.731. The highest BCUT2D eigenvalue weighted by Gasteiger charge is 2.25. The summed E-state index contributed by atoms with van der Waals surface area (Å²) >= 11 is 0. The summed E-state index contributed by atoms with van der Waals surface area (Å²) in [4.78, 5) is 42.7. The van der Waals surface area contributed by atoms with Gasteiger partial charge in [-0.3, -0.25) is 4.79 Å². The van der Waals surface area contributed by atoms with Gasteiger partial charge in [0.25, 0.3) is 0 Å².